The van der Waals surface area contributed by atoms with Gasteiger partial charge in [-0.3, -0.25) is 4.40 Å². The van der Waals surface area contributed by atoms with Crippen molar-refractivity contribution >= 4 is 17.2 Å². The predicted molar refractivity (Wildman–Crippen MR) is 105 cm³/mol. The molecule has 0 amide bonds. The van der Waals surface area contributed by atoms with E-state index in [0.29, 0.717) is 0 Å². The molecule has 0 unspecified atom stereocenters. The molecule has 124 valence electrons. The van der Waals surface area contributed by atoms with Crippen molar-refractivity contribution in [3.8, 4) is 11.3 Å². The van der Waals surface area contributed by atoms with Crippen LogP contribution in [0.5, 0.6) is 0 Å². The molecular formula is C22H21N3. The Kier molecular flexibility index (Phi) is 3.77. The molecule has 25 heavy (non-hydrogen) atoms. The van der Waals surface area contributed by atoms with Gasteiger partial charge < -0.3 is 5.32 Å². The summed E-state index contributed by atoms with van der Waals surface area (Å²) in [4.78, 5) is 4.90. The van der Waals surface area contributed by atoms with E-state index in [9.17, 15) is 0 Å². The Morgan fingerprint density at radius 1 is 0.760 bits per heavy atom. The van der Waals surface area contributed by atoms with Gasteiger partial charge in [0.15, 0.2) is 0 Å². The largest absolute Gasteiger partial charge is 0.339 e. The Hall–Kier alpha value is -3.07. The summed E-state index contributed by atoms with van der Waals surface area (Å²) in [5.41, 5.74) is 7.78. The minimum Gasteiger partial charge on any atom is -0.339 e. The van der Waals surface area contributed by atoms with E-state index in [1.165, 1.54) is 11.1 Å². The van der Waals surface area contributed by atoms with Gasteiger partial charge in [0.2, 0.25) is 0 Å². The average molecular weight is 327 g/mol. The number of fused-ring (bicyclic) bond motifs is 1. The standard InChI is InChI=1S/C22H21N3/c1-15-9-7-10-16(2)20(15)24-22-21(18-12-5-4-6-13-18)23-19-14-8-11-17(3)25(19)22/h4-14,24H,1-3H3. The zero-order valence-electron chi connectivity index (χ0n) is 14.7. The van der Waals surface area contributed by atoms with Crippen molar-refractivity contribution in [1.29, 1.82) is 0 Å². The summed E-state index contributed by atoms with van der Waals surface area (Å²) in [6, 6.07) is 22.9. The maximum Gasteiger partial charge on any atom is 0.143 e. The van der Waals surface area contributed by atoms with Crippen LogP contribution in [0.1, 0.15) is 16.8 Å². The van der Waals surface area contributed by atoms with E-state index in [4.69, 9.17) is 4.98 Å². The topological polar surface area (TPSA) is 29.3 Å². The van der Waals surface area contributed by atoms with Crippen LogP contribution in [0.3, 0.4) is 0 Å². The van der Waals surface area contributed by atoms with Gasteiger partial charge in [-0.2, -0.15) is 0 Å². The fourth-order valence-corrected chi connectivity index (χ4v) is 3.30. The second-order valence-electron chi connectivity index (χ2n) is 6.43. The van der Waals surface area contributed by atoms with Gasteiger partial charge in [0.1, 0.15) is 17.2 Å². The zero-order valence-corrected chi connectivity index (χ0v) is 14.7. The molecule has 3 heteroatoms. The maximum absolute atomic E-state index is 4.90. The Bertz CT molecular complexity index is 1030. The highest BCUT2D eigenvalue weighted by atomic mass is 15.1. The number of nitrogens with one attached hydrogen (secondary N) is 1. The summed E-state index contributed by atoms with van der Waals surface area (Å²) in [5.74, 6) is 1.01. The van der Waals surface area contributed by atoms with Crippen LogP contribution >= 0.6 is 0 Å². The Morgan fingerprint density at radius 3 is 2.16 bits per heavy atom. The number of pyridine rings is 1. The van der Waals surface area contributed by atoms with Crippen molar-refractivity contribution in [2.45, 2.75) is 20.8 Å². The molecule has 0 bridgehead atoms. The maximum atomic E-state index is 4.90. The minimum absolute atomic E-state index is 0.951. The highest BCUT2D eigenvalue weighted by Gasteiger charge is 2.16. The Morgan fingerprint density at radius 2 is 1.44 bits per heavy atom. The van der Waals surface area contributed by atoms with E-state index >= 15 is 0 Å². The van der Waals surface area contributed by atoms with Gasteiger partial charge in [-0.25, -0.2) is 4.98 Å². The lowest BCUT2D eigenvalue weighted by Crippen LogP contribution is -2.02. The molecule has 4 aromatic rings. The lowest BCUT2D eigenvalue weighted by Gasteiger charge is -2.15. The summed E-state index contributed by atoms with van der Waals surface area (Å²) in [6.07, 6.45) is 0. The molecule has 0 fully saturated rings. The van der Waals surface area contributed by atoms with Crippen molar-refractivity contribution in [1.82, 2.24) is 9.38 Å². The van der Waals surface area contributed by atoms with Crippen LogP contribution in [-0.2, 0) is 0 Å². The number of anilines is 2. The van der Waals surface area contributed by atoms with Gasteiger partial charge in [0, 0.05) is 16.9 Å². The molecule has 0 saturated heterocycles. The number of nitrogens with zero attached hydrogens (tertiary/aromatic N) is 2. The molecule has 0 aliphatic carbocycles. The van der Waals surface area contributed by atoms with Crippen molar-refractivity contribution in [2.24, 2.45) is 0 Å². The minimum atomic E-state index is 0.951. The lowest BCUT2D eigenvalue weighted by molar-refractivity contribution is 1.09. The number of aryl methyl sites for hydroxylation is 3. The lowest BCUT2D eigenvalue weighted by atomic mass is 10.1. The summed E-state index contributed by atoms with van der Waals surface area (Å²) in [5, 5.41) is 3.67. The second-order valence-corrected chi connectivity index (χ2v) is 6.43. The fraction of sp³-hybridized carbons (Fsp3) is 0.136. The molecule has 2 heterocycles. The third-order valence-corrected chi connectivity index (χ3v) is 4.61. The van der Waals surface area contributed by atoms with Gasteiger partial charge in [0.25, 0.3) is 0 Å². The molecular weight excluding hydrogens is 306 g/mol. The molecule has 3 nitrogen and oxygen atoms in total. The first kappa shape index (κ1) is 15.5. The predicted octanol–water partition coefficient (Wildman–Crippen LogP) is 5.67. The normalized spacial score (nSPS) is 11.0. The Balaban J connectivity index is 1.98. The van der Waals surface area contributed by atoms with Crippen LogP contribution in [0, 0.1) is 20.8 Å². The van der Waals surface area contributed by atoms with E-state index in [1.54, 1.807) is 0 Å². The molecule has 0 aliphatic heterocycles. The highest BCUT2D eigenvalue weighted by molar-refractivity contribution is 5.81. The van der Waals surface area contributed by atoms with Crippen molar-refractivity contribution < 1.29 is 0 Å². The molecule has 0 aliphatic rings. The molecule has 1 N–H and O–H groups in total. The van der Waals surface area contributed by atoms with Crippen LogP contribution in [0.4, 0.5) is 11.5 Å². The van der Waals surface area contributed by atoms with E-state index in [1.807, 2.05) is 6.07 Å². The first-order chi connectivity index (χ1) is 12.1. The molecule has 0 atom stereocenters. The van der Waals surface area contributed by atoms with Crippen LogP contribution in [0.15, 0.2) is 66.7 Å². The van der Waals surface area contributed by atoms with E-state index in [0.717, 1.165) is 34.1 Å². The van der Waals surface area contributed by atoms with Crippen LogP contribution < -0.4 is 5.32 Å². The van der Waals surface area contributed by atoms with E-state index in [-0.39, 0.29) is 0 Å². The van der Waals surface area contributed by atoms with E-state index in [2.05, 4.69) is 91.2 Å². The van der Waals surface area contributed by atoms with Crippen molar-refractivity contribution in [2.75, 3.05) is 5.32 Å². The molecule has 0 spiro atoms. The van der Waals surface area contributed by atoms with Gasteiger partial charge in [-0.1, -0.05) is 54.6 Å². The van der Waals surface area contributed by atoms with Crippen molar-refractivity contribution in [3.63, 3.8) is 0 Å². The molecule has 0 saturated carbocycles. The number of benzene rings is 2. The number of imidazole rings is 1. The number of hydrogen-bond acceptors (Lipinski definition) is 2. The molecule has 2 aromatic carbocycles. The quantitative estimate of drug-likeness (QED) is 0.525. The average Bonchev–Trinajstić information content (AvgIpc) is 2.99. The van der Waals surface area contributed by atoms with E-state index < -0.39 is 0 Å². The SMILES string of the molecule is Cc1cccc(C)c1Nc1c(-c2ccccc2)nc2cccc(C)n12. The first-order valence-electron chi connectivity index (χ1n) is 8.52. The van der Waals surface area contributed by atoms with Crippen LogP contribution in [-0.4, -0.2) is 9.38 Å². The van der Waals surface area contributed by atoms with Gasteiger partial charge in [-0.15, -0.1) is 0 Å². The molecule has 4 rings (SSSR count). The molecule has 0 radical (unpaired) electrons. The smallest absolute Gasteiger partial charge is 0.143 e. The van der Waals surface area contributed by atoms with Crippen molar-refractivity contribution in [3.05, 3.63) is 83.6 Å². The van der Waals surface area contributed by atoms with Gasteiger partial charge >= 0.3 is 0 Å². The third-order valence-electron chi connectivity index (χ3n) is 4.61. The number of aromatic nitrogens is 2. The second kappa shape index (κ2) is 6.10. The molecule has 2 aromatic heterocycles. The number of hydrogen-bond donors (Lipinski definition) is 1. The number of rotatable bonds is 3. The summed E-state index contributed by atoms with van der Waals surface area (Å²) < 4.78 is 2.19. The summed E-state index contributed by atoms with van der Waals surface area (Å²) in [7, 11) is 0. The monoisotopic (exact) mass is 327 g/mol. The Labute approximate surface area is 148 Å². The highest BCUT2D eigenvalue weighted by Crippen LogP contribution is 2.33. The van der Waals surface area contributed by atoms with Gasteiger partial charge in [0.05, 0.1) is 0 Å². The van der Waals surface area contributed by atoms with Crippen LogP contribution in [0.25, 0.3) is 16.9 Å². The number of para-hydroxylation sites is 1. The third kappa shape index (κ3) is 2.68. The summed E-state index contributed by atoms with van der Waals surface area (Å²) in [6.45, 7) is 6.38. The van der Waals surface area contributed by atoms with Crippen LogP contribution in [0.2, 0.25) is 0 Å². The zero-order chi connectivity index (χ0) is 17.4. The first-order valence-corrected chi connectivity index (χ1v) is 8.52. The summed E-state index contributed by atoms with van der Waals surface area (Å²) >= 11 is 0. The fourth-order valence-electron chi connectivity index (χ4n) is 3.30. The van der Waals surface area contributed by atoms with Gasteiger partial charge in [-0.05, 0) is 44.0 Å².